The van der Waals surface area contributed by atoms with Gasteiger partial charge in [0.1, 0.15) is 0 Å². The molecule has 2 aromatic rings. The van der Waals surface area contributed by atoms with Gasteiger partial charge in [0.25, 0.3) is 5.91 Å². The molecule has 0 fully saturated rings. The highest BCUT2D eigenvalue weighted by atomic mass is 16.2. The Balaban J connectivity index is 2.03. The van der Waals surface area contributed by atoms with E-state index in [1.807, 2.05) is 15.8 Å². The molecular weight excluding hydrogens is 314 g/mol. The molecule has 25 heavy (non-hydrogen) atoms. The van der Waals surface area contributed by atoms with Crippen LogP contribution in [-0.2, 0) is 13.1 Å². The zero-order valence-electron chi connectivity index (χ0n) is 15.6. The second-order valence-corrected chi connectivity index (χ2v) is 6.77. The molecule has 0 atom stereocenters. The second-order valence-electron chi connectivity index (χ2n) is 6.77. The van der Waals surface area contributed by atoms with Crippen molar-refractivity contribution in [2.75, 3.05) is 18.4 Å². The fourth-order valence-electron chi connectivity index (χ4n) is 3.45. The van der Waals surface area contributed by atoms with Crippen molar-refractivity contribution in [3.8, 4) is 0 Å². The van der Waals surface area contributed by atoms with Gasteiger partial charge in [0.15, 0.2) is 5.65 Å². The van der Waals surface area contributed by atoms with Crippen LogP contribution in [-0.4, -0.2) is 38.7 Å². The number of nitrogens with one attached hydrogen (secondary N) is 1. The molecule has 0 spiro atoms. The summed E-state index contributed by atoms with van der Waals surface area (Å²) in [5.74, 6) is 0.101. The number of hydrogen-bond donors (Lipinski definition) is 1. The Labute approximate surface area is 149 Å². The highest BCUT2D eigenvalue weighted by molar-refractivity contribution is 6.09. The van der Waals surface area contributed by atoms with Crippen molar-refractivity contribution in [1.82, 2.24) is 19.7 Å². The fraction of sp³-hybridized carbons (Fsp3) is 0.632. The number of unbranched alkanes of at least 4 members (excludes halogenated alkanes) is 2. The number of pyridine rings is 1. The maximum atomic E-state index is 12.9. The molecule has 3 heterocycles. The van der Waals surface area contributed by atoms with Gasteiger partial charge in [-0.25, -0.2) is 9.67 Å². The third-order valence-corrected chi connectivity index (χ3v) is 4.72. The van der Waals surface area contributed by atoms with Crippen molar-refractivity contribution in [2.45, 2.75) is 66.0 Å². The Morgan fingerprint density at radius 2 is 1.96 bits per heavy atom. The van der Waals surface area contributed by atoms with Gasteiger partial charge in [-0.05, 0) is 19.3 Å². The predicted octanol–water partition coefficient (Wildman–Crippen LogP) is 3.81. The first-order valence-electron chi connectivity index (χ1n) is 9.62. The monoisotopic (exact) mass is 343 g/mol. The molecule has 1 aliphatic rings. The van der Waals surface area contributed by atoms with Crippen molar-refractivity contribution in [1.29, 1.82) is 0 Å². The average molecular weight is 343 g/mol. The van der Waals surface area contributed by atoms with Gasteiger partial charge in [-0.2, -0.15) is 5.10 Å². The van der Waals surface area contributed by atoms with Crippen LogP contribution in [0.3, 0.4) is 0 Å². The lowest BCUT2D eigenvalue weighted by Gasteiger charge is -2.14. The molecule has 0 aromatic carbocycles. The van der Waals surface area contributed by atoms with Crippen LogP contribution in [0.2, 0.25) is 0 Å². The van der Waals surface area contributed by atoms with E-state index in [1.165, 1.54) is 12.8 Å². The van der Waals surface area contributed by atoms with Crippen LogP contribution in [0.1, 0.15) is 68.9 Å². The van der Waals surface area contributed by atoms with Gasteiger partial charge in [-0.1, -0.05) is 33.6 Å². The van der Waals surface area contributed by atoms with Gasteiger partial charge in [0.05, 0.1) is 35.1 Å². The first-order chi connectivity index (χ1) is 12.2. The Hall–Kier alpha value is -2.11. The number of carbonyl (C=O) groups is 1. The molecule has 0 aliphatic carbocycles. The standard InChI is InChI=1S/C19H29N5O/c1-4-7-8-11-24-18-14(12-21-24)17(20-9-5-2)16-15(22-18)13-23(10-6-3)19(16)25/h12H,4-11,13H2,1-3H3,(H,20,22). The third kappa shape index (κ3) is 3.34. The summed E-state index contributed by atoms with van der Waals surface area (Å²) in [5.41, 5.74) is 3.47. The van der Waals surface area contributed by atoms with Gasteiger partial charge in [0.2, 0.25) is 0 Å². The number of rotatable bonds is 9. The van der Waals surface area contributed by atoms with Gasteiger partial charge in [-0.15, -0.1) is 0 Å². The topological polar surface area (TPSA) is 63.1 Å². The van der Waals surface area contributed by atoms with Crippen LogP contribution in [0.15, 0.2) is 6.20 Å². The predicted molar refractivity (Wildman–Crippen MR) is 101 cm³/mol. The van der Waals surface area contributed by atoms with Gasteiger partial charge >= 0.3 is 0 Å². The van der Waals surface area contributed by atoms with E-state index >= 15 is 0 Å². The Bertz CT molecular complexity index is 752. The lowest BCUT2D eigenvalue weighted by molar-refractivity contribution is 0.0779. The number of nitrogens with zero attached hydrogens (tertiary/aromatic N) is 4. The van der Waals surface area contributed by atoms with Crippen molar-refractivity contribution in [2.24, 2.45) is 0 Å². The zero-order valence-corrected chi connectivity index (χ0v) is 15.6. The smallest absolute Gasteiger partial charge is 0.258 e. The highest BCUT2D eigenvalue weighted by Gasteiger charge is 2.33. The molecule has 0 unspecified atom stereocenters. The SMILES string of the molecule is CCCCCn1ncc2c(NCCC)c3c(nc21)CN(CCC)C3=O. The van der Waals surface area contributed by atoms with Crippen molar-refractivity contribution in [3.05, 3.63) is 17.5 Å². The molecule has 2 aromatic heterocycles. The van der Waals surface area contributed by atoms with Gasteiger partial charge in [-0.3, -0.25) is 4.79 Å². The summed E-state index contributed by atoms with van der Waals surface area (Å²) in [6.45, 7) is 9.54. The van der Waals surface area contributed by atoms with E-state index in [9.17, 15) is 4.79 Å². The average Bonchev–Trinajstić information content (AvgIpc) is 3.15. The minimum Gasteiger partial charge on any atom is -0.384 e. The van der Waals surface area contributed by atoms with Crippen molar-refractivity contribution in [3.63, 3.8) is 0 Å². The maximum Gasteiger partial charge on any atom is 0.258 e. The number of carbonyl (C=O) groups excluding carboxylic acids is 1. The van der Waals surface area contributed by atoms with E-state index in [4.69, 9.17) is 4.98 Å². The molecule has 1 N–H and O–H groups in total. The van der Waals surface area contributed by atoms with Crippen LogP contribution in [0.5, 0.6) is 0 Å². The van der Waals surface area contributed by atoms with E-state index in [2.05, 4.69) is 31.2 Å². The number of aryl methyl sites for hydroxylation is 1. The molecule has 0 saturated heterocycles. The Morgan fingerprint density at radius 1 is 1.12 bits per heavy atom. The summed E-state index contributed by atoms with van der Waals surface area (Å²) >= 11 is 0. The van der Waals surface area contributed by atoms with Crippen LogP contribution >= 0.6 is 0 Å². The molecule has 0 bridgehead atoms. The van der Waals surface area contributed by atoms with Crippen LogP contribution in [0.4, 0.5) is 5.69 Å². The zero-order chi connectivity index (χ0) is 17.8. The normalized spacial score (nSPS) is 13.7. The van der Waals surface area contributed by atoms with Crippen LogP contribution in [0.25, 0.3) is 11.0 Å². The molecule has 136 valence electrons. The van der Waals surface area contributed by atoms with E-state index < -0.39 is 0 Å². The number of fused-ring (bicyclic) bond motifs is 2. The first kappa shape index (κ1) is 17.7. The van der Waals surface area contributed by atoms with E-state index in [-0.39, 0.29) is 5.91 Å². The van der Waals surface area contributed by atoms with Gasteiger partial charge < -0.3 is 10.2 Å². The highest BCUT2D eigenvalue weighted by Crippen LogP contribution is 2.34. The molecule has 3 rings (SSSR count). The Kier molecular flexibility index (Phi) is 5.56. The van der Waals surface area contributed by atoms with Crippen LogP contribution in [0, 0.1) is 0 Å². The summed E-state index contributed by atoms with van der Waals surface area (Å²) in [6.07, 6.45) is 7.31. The van der Waals surface area contributed by atoms with E-state index in [1.54, 1.807) is 0 Å². The summed E-state index contributed by atoms with van der Waals surface area (Å²) < 4.78 is 2.00. The molecule has 6 heteroatoms. The summed E-state index contributed by atoms with van der Waals surface area (Å²) in [6, 6.07) is 0. The minimum absolute atomic E-state index is 0.101. The molecule has 6 nitrogen and oxygen atoms in total. The fourth-order valence-corrected chi connectivity index (χ4v) is 3.45. The lowest BCUT2D eigenvalue weighted by atomic mass is 10.1. The molecule has 1 aliphatic heterocycles. The van der Waals surface area contributed by atoms with E-state index in [0.29, 0.717) is 6.54 Å². The number of anilines is 1. The second kappa shape index (κ2) is 7.85. The third-order valence-electron chi connectivity index (χ3n) is 4.72. The van der Waals surface area contributed by atoms with Crippen molar-refractivity contribution >= 4 is 22.6 Å². The minimum atomic E-state index is 0.101. The molecule has 0 saturated carbocycles. The number of amides is 1. The van der Waals surface area contributed by atoms with E-state index in [0.717, 1.165) is 66.9 Å². The maximum absolute atomic E-state index is 12.9. The Morgan fingerprint density at radius 3 is 2.68 bits per heavy atom. The van der Waals surface area contributed by atoms with Crippen molar-refractivity contribution < 1.29 is 4.79 Å². The summed E-state index contributed by atoms with van der Waals surface area (Å²) in [7, 11) is 0. The largest absolute Gasteiger partial charge is 0.384 e. The molecule has 0 radical (unpaired) electrons. The number of hydrogen-bond acceptors (Lipinski definition) is 4. The van der Waals surface area contributed by atoms with Gasteiger partial charge in [0, 0.05) is 19.6 Å². The molecule has 1 amide bonds. The molecular formula is C19H29N5O. The first-order valence-corrected chi connectivity index (χ1v) is 9.62. The quantitative estimate of drug-likeness (QED) is 0.703. The lowest BCUT2D eigenvalue weighted by Crippen LogP contribution is -2.24. The van der Waals surface area contributed by atoms with Crippen LogP contribution < -0.4 is 5.32 Å². The summed E-state index contributed by atoms with van der Waals surface area (Å²) in [5, 5.41) is 8.98. The number of aromatic nitrogens is 3. The summed E-state index contributed by atoms with van der Waals surface area (Å²) in [4.78, 5) is 19.6.